The summed E-state index contributed by atoms with van der Waals surface area (Å²) in [6, 6.07) is 35.2. The van der Waals surface area contributed by atoms with E-state index in [0.29, 0.717) is 0 Å². The van der Waals surface area contributed by atoms with Crippen LogP contribution in [-0.2, 0) is 4.79 Å². The van der Waals surface area contributed by atoms with Crippen LogP contribution in [0.15, 0.2) is 103 Å². The van der Waals surface area contributed by atoms with Crippen molar-refractivity contribution in [2.75, 3.05) is 5.32 Å². The molecule has 0 spiro atoms. The van der Waals surface area contributed by atoms with Crippen molar-refractivity contribution in [3.63, 3.8) is 0 Å². The maximum absolute atomic E-state index is 11.9. The van der Waals surface area contributed by atoms with Gasteiger partial charge in [-0.25, -0.2) is 4.98 Å². The summed E-state index contributed by atoms with van der Waals surface area (Å²) in [5.74, 6) is 0.651. The van der Waals surface area contributed by atoms with E-state index >= 15 is 0 Å². The van der Waals surface area contributed by atoms with Gasteiger partial charge in [-0.05, 0) is 45.7 Å². The van der Waals surface area contributed by atoms with Crippen LogP contribution in [0.4, 0.5) is 5.69 Å². The quantitative estimate of drug-likeness (QED) is 0.248. The molecule has 6 heteroatoms. The van der Waals surface area contributed by atoms with Crippen LogP contribution in [0, 0.1) is 0 Å². The molecule has 186 valence electrons. The molecule has 0 radical (unpaired) electrons. The molecule has 0 unspecified atom stereocenters. The number of thiazole rings is 1. The van der Waals surface area contributed by atoms with Crippen molar-refractivity contribution in [1.82, 2.24) is 4.98 Å². The monoisotopic (exact) mass is 522 g/mol. The number of aromatic nitrogens is 1. The Hall–Kier alpha value is -3.74. The zero-order valence-electron chi connectivity index (χ0n) is 21.5. The van der Waals surface area contributed by atoms with E-state index in [-0.39, 0.29) is 10.9 Å². The number of amides is 1. The Morgan fingerprint density at radius 2 is 1.43 bits per heavy atom. The van der Waals surface area contributed by atoms with E-state index in [1.165, 1.54) is 17.3 Å². The number of rotatable bonds is 6. The zero-order chi connectivity index (χ0) is 26.0. The Morgan fingerprint density at radius 3 is 2.00 bits per heavy atom. The first-order valence-electron chi connectivity index (χ1n) is 12.4. The lowest BCUT2D eigenvalue weighted by molar-refractivity contribution is -0.114. The van der Waals surface area contributed by atoms with Crippen LogP contribution < -0.4 is 20.1 Å². The van der Waals surface area contributed by atoms with Gasteiger partial charge in [0.25, 0.3) is 0 Å². The number of hydrogen-bond acceptors (Lipinski definition) is 4. The fourth-order valence-corrected chi connectivity index (χ4v) is 10.3. The van der Waals surface area contributed by atoms with Crippen molar-refractivity contribution < 1.29 is 9.22 Å². The number of nitrogens with zero attached hydrogens (tertiary/aromatic N) is 1. The van der Waals surface area contributed by atoms with Gasteiger partial charge in [-0.3, -0.25) is 4.79 Å². The van der Waals surface area contributed by atoms with Gasteiger partial charge < -0.3 is 9.74 Å². The first kappa shape index (κ1) is 24.9. The summed E-state index contributed by atoms with van der Waals surface area (Å²) in [7, 11) is -2.85. The average Bonchev–Trinajstić information content (AvgIpc) is 3.32. The highest BCUT2D eigenvalue weighted by atomic mass is 32.1. The number of hydrogen-bond donors (Lipinski definition) is 1. The Balaban J connectivity index is 1.75. The molecule has 0 fully saturated rings. The largest absolute Gasteiger partial charge is 0.533 e. The van der Waals surface area contributed by atoms with Gasteiger partial charge in [0.2, 0.25) is 5.91 Å². The summed E-state index contributed by atoms with van der Waals surface area (Å²) in [6.45, 7) is 8.32. The van der Waals surface area contributed by atoms with Gasteiger partial charge in [0.15, 0.2) is 0 Å². The summed E-state index contributed by atoms with van der Waals surface area (Å²) in [5.41, 5.74) is 2.54. The van der Waals surface area contributed by atoms with Gasteiger partial charge in [0, 0.05) is 12.6 Å². The highest BCUT2D eigenvalue weighted by Crippen LogP contribution is 2.42. The Kier molecular flexibility index (Phi) is 6.71. The minimum absolute atomic E-state index is 0.115. The van der Waals surface area contributed by atoms with Gasteiger partial charge in [-0.2, -0.15) is 0 Å². The summed E-state index contributed by atoms with van der Waals surface area (Å²) in [5, 5.41) is 6.01. The molecule has 0 bridgehead atoms. The van der Waals surface area contributed by atoms with E-state index in [1.54, 1.807) is 11.3 Å². The molecule has 1 N–H and O–H groups in total. The predicted molar refractivity (Wildman–Crippen MR) is 158 cm³/mol. The first-order chi connectivity index (χ1) is 17.8. The summed E-state index contributed by atoms with van der Waals surface area (Å²) < 4.78 is 8.48. The SMILES string of the molecule is CC(=O)Nc1ccc(O[Si](c2ccccc2)(c2ccccc2)C(C)(C)C)c(-c2nc3ccccc3s2)c1. The van der Waals surface area contributed by atoms with Crippen LogP contribution in [0.2, 0.25) is 5.04 Å². The predicted octanol–water partition coefficient (Wildman–Crippen LogP) is 6.86. The van der Waals surface area contributed by atoms with Gasteiger partial charge in [0.1, 0.15) is 10.8 Å². The molecule has 4 aromatic carbocycles. The number of carbonyl (C=O) groups is 1. The van der Waals surface area contributed by atoms with Crippen molar-refractivity contribution >= 4 is 51.8 Å². The fourth-order valence-electron chi connectivity index (χ4n) is 4.87. The molecule has 5 rings (SSSR count). The summed E-state index contributed by atoms with van der Waals surface area (Å²) in [4.78, 5) is 16.8. The van der Waals surface area contributed by atoms with Crippen LogP contribution in [-0.4, -0.2) is 19.2 Å². The normalized spacial score (nSPS) is 11.9. The standard InChI is InChI=1S/C31H30N2O2SSi/c1-22(34)32-23-19-20-28(26(21-23)30-33-27-17-11-12-18-29(27)36-30)35-37(31(2,3)4,24-13-7-5-8-14-24)25-15-9-6-10-16-25/h5-21H,1-4H3,(H,32,34). The molecule has 0 saturated carbocycles. The second-order valence-corrected chi connectivity index (χ2v) is 15.4. The smallest absolute Gasteiger partial charge is 0.319 e. The van der Waals surface area contributed by atoms with E-state index in [1.807, 2.05) is 48.5 Å². The molecule has 4 nitrogen and oxygen atoms in total. The third-order valence-corrected chi connectivity index (χ3v) is 12.5. The van der Waals surface area contributed by atoms with Crippen LogP contribution in [0.25, 0.3) is 20.8 Å². The van der Waals surface area contributed by atoms with E-state index < -0.39 is 8.32 Å². The van der Waals surface area contributed by atoms with Crippen molar-refractivity contribution in [2.24, 2.45) is 0 Å². The Labute approximate surface area is 223 Å². The number of anilines is 1. The van der Waals surface area contributed by atoms with E-state index in [0.717, 1.165) is 32.2 Å². The summed E-state index contributed by atoms with van der Waals surface area (Å²) >= 11 is 1.63. The van der Waals surface area contributed by atoms with Crippen LogP contribution >= 0.6 is 11.3 Å². The van der Waals surface area contributed by atoms with Crippen LogP contribution in [0.1, 0.15) is 27.7 Å². The maximum atomic E-state index is 11.9. The third kappa shape index (κ3) is 4.82. The molecule has 0 aliphatic heterocycles. The number of carbonyl (C=O) groups excluding carboxylic acids is 1. The lowest BCUT2D eigenvalue weighted by Crippen LogP contribution is -2.68. The minimum Gasteiger partial charge on any atom is -0.533 e. The van der Waals surface area contributed by atoms with Gasteiger partial charge >= 0.3 is 8.32 Å². The first-order valence-corrected chi connectivity index (χ1v) is 15.1. The van der Waals surface area contributed by atoms with Crippen molar-refractivity contribution in [3.8, 4) is 16.3 Å². The second kappa shape index (κ2) is 9.96. The third-order valence-electron chi connectivity index (χ3n) is 6.50. The van der Waals surface area contributed by atoms with Crippen LogP contribution in [0.3, 0.4) is 0 Å². The van der Waals surface area contributed by atoms with E-state index in [4.69, 9.17) is 9.41 Å². The molecule has 0 saturated heterocycles. The number of para-hydroxylation sites is 1. The summed E-state index contributed by atoms with van der Waals surface area (Å²) in [6.07, 6.45) is 0. The van der Waals surface area contributed by atoms with Crippen molar-refractivity contribution in [1.29, 1.82) is 0 Å². The topological polar surface area (TPSA) is 51.2 Å². The van der Waals surface area contributed by atoms with Crippen molar-refractivity contribution in [2.45, 2.75) is 32.7 Å². The molecule has 5 aromatic rings. The average molecular weight is 523 g/mol. The molecular weight excluding hydrogens is 493 g/mol. The highest BCUT2D eigenvalue weighted by Gasteiger charge is 2.52. The lowest BCUT2D eigenvalue weighted by atomic mass is 10.2. The lowest BCUT2D eigenvalue weighted by Gasteiger charge is -2.43. The van der Waals surface area contributed by atoms with E-state index in [9.17, 15) is 4.79 Å². The van der Waals surface area contributed by atoms with Crippen molar-refractivity contribution in [3.05, 3.63) is 103 Å². The van der Waals surface area contributed by atoms with Crippen LogP contribution in [0.5, 0.6) is 5.75 Å². The zero-order valence-corrected chi connectivity index (χ0v) is 23.3. The Morgan fingerprint density at radius 1 is 0.838 bits per heavy atom. The molecule has 1 heterocycles. The molecule has 0 atom stereocenters. The number of fused-ring (bicyclic) bond motifs is 1. The molecular formula is C31H30N2O2SSi. The number of nitrogens with one attached hydrogen (secondary N) is 1. The Bertz CT molecular complexity index is 1470. The minimum atomic E-state index is -2.85. The molecule has 37 heavy (non-hydrogen) atoms. The van der Waals surface area contributed by atoms with Gasteiger partial charge in [-0.1, -0.05) is 93.6 Å². The van der Waals surface area contributed by atoms with E-state index in [2.05, 4.69) is 80.7 Å². The second-order valence-electron chi connectivity index (χ2n) is 10.1. The molecule has 1 amide bonds. The molecule has 0 aliphatic carbocycles. The van der Waals surface area contributed by atoms with Gasteiger partial charge in [-0.15, -0.1) is 11.3 Å². The number of benzene rings is 4. The fraction of sp³-hybridized carbons (Fsp3) is 0.161. The van der Waals surface area contributed by atoms with Gasteiger partial charge in [0.05, 0.1) is 15.8 Å². The molecule has 1 aromatic heterocycles. The maximum Gasteiger partial charge on any atom is 0.319 e. The molecule has 0 aliphatic rings. The highest BCUT2D eigenvalue weighted by molar-refractivity contribution is 7.21.